The second kappa shape index (κ2) is 13.2. The summed E-state index contributed by atoms with van der Waals surface area (Å²) in [6.07, 6.45) is 1.18. The van der Waals surface area contributed by atoms with E-state index < -0.39 is 6.04 Å². The molecular weight excluding hydrogens is 516 g/mol. The van der Waals surface area contributed by atoms with Crippen molar-refractivity contribution in [3.63, 3.8) is 0 Å². The normalized spacial score (nSPS) is 11.5. The van der Waals surface area contributed by atoms with Gasteiger partial charge in [-0.05, 0) is 47.9 Å². The molecule has 0 heterocycles. The standard InChI is InChI=1S/C27H28BrClN2O3/c1-2-16-30-27(33)25(17-20-8-4-3-5-9-20)31(18-21-10-6-7-11-24(21)29)26(32)19-34-23-14-12-22(28)13-15-23/h3-15,25H,2,16-19H2,1H3,(H,30,33)/t25-/m0/s1. The molecule has 3 rings (SSSR count). The third-order valence-corrected chi connectivity index (χ3v) is 6.19. The van der Waals surface area contributed by atoms with Gasteiger partial charge in [-0.1, -0.05) is 83.0 Å². The molecule has 178 valence electrons. The highest BCUT2D eigenvalue weighted by molar-refractivity contribution is 9.10. The lowest BCUT2D eigenvalue weighted by atomic mass is 10.0. The van der Waals surface area contributed by atoms with Crippen LogP contribution in [0, 0.1) is 0 Å². The molecule has 5 nitrogen and oxygen atoms in total. The van der Waals surface area contributed by atoms with Crippen LogP contribution in [0.1, 0.15) is 24.5 Å². The van der Waals surface area contributed by atoms with E-state index >= 15 is 0 Å². The lowest BCUT2D eigenvalue weighted by molar-refractivity contribution is -0.142. The zero-order valence-corrected chi connectivity index (χ0v) is 21.4. The number of hydrogen-bond acceptors (Lipinski definition) is 3. The van der Waals surface area contributed by atoms with E-state index in [0.717, 1.165) is 22.0 Å². The average Bonchev–Trinajstić information content (AvgIpc) is 2.85. The van der Waals surface area contributed by atoms with E-state index in [9.17, 15) is 9.59 Å². The number of nitrogens with zero attached hydrogens (tertiary/aromatic N) is 1. The highest BCUT2D eigenvalue weighted by Gasteiger charge is 2.31. The zero-order chi connectivity index (χ0) is 24.3. The summed E-state index contributed by atoms with van der Waals surface area (Å²) >= 11 is 9.81. The maximum absolute atomic E-state index is 13.5. The fourth-order valence-electron chi connectivity index (χ4n) is 3.49. The highest BCUT2D eigenvalue weighted by Crippen LogP contribution is 2.21. The Morgan fingerprint density at radius 3 is 2.35 bits per heavy atom. The predicted octanol–water partition coefficient (Wildman–Crippen LogP) is 5.65. The molecule has 0 saturated heterocycles. The molecule has 0 aliphatic heterocycles. The van der Waals surface area contributed by atoms with Crippen LogP contribution in [-0.2, 0) is 22.6 Å². The van der Waals surface area contributed by atoms with Gasteiger partial charge in [0.15, 0.2) is 6.61 Å². The third kappa shape index (κ3) is 7.61. The van der Waals surface area contributed by atoms with E-state index in [1.165, 1.54) is 0 Å². The minimum atomic E-state index is -0.716. The highest BCUT2D eigenvalue weighted by atomic mass is 79.9. The van der Waals surface area contributed by atoms with Crippen molar-refractivity contribution in [2.24, 2.45) is 0 Å². The Bertz CT molecular complexity index is 1080. The van der Waals surface area contributed by atoms with E-state index in [1.54, 1.807) is 23.1 Å². The Kier molecular flexibility index (Phi) is 9.98. The van der Waals surface area contributed by atoms with Crippen LogP contribution in [0.4, 0.5) is 0 Å². The van der Waals surface area contributed by atoms with Gasteiger partial charge in [-0.25, -0.2) is 0 Å². The van der Waals surface area contributed by atoms with Crippen LogP contribution in [0.25, 0.3) is 0 Å². The summed E-state index contributed by atoms with van der Waals surface area (Å²) in [6.45, 7) is 2.52. The molecule has 0 aliphatic carbocycles. The number of amides is 2. The first-order chi connectivity index (χ1) is 16.5. The maximum atomic E-state index is 13.5. The van der Waals surface area contributed by atoms with Crippen LogP contribution in [0.15, 0.2) is 83.3 Å². The van der Waals surface area contributed by atoms with Crippen molar-refractivity contribution in [3.05, 3.63) is 99.5 Å². The second-order valence-electron chi connectivity index (χ2n) is 7.85. The smallest absolute Gasteiger partial charge is 0.261 e. The number of carbonyl (C=O) groups excluding carboxylic acids is 2. The summed E-state index contributed by atoms with van der Waals surface area (Å²) in [7, 11) is 0. The molecule has 0 spiro atoms. The van der Waals surface area contributed by atoms with Gasteiger partial charge in [0, 0.05) is 29.0 Å². The minimum absolute atomic E-state index is 0.194. The summed E-state index contributed by atoms with van der Waals surface area (Å²) in [5.74, 6) is 0.0782. The minimum Gasteiger partial charge on any atom is -0.484 e. The summed E-state index contributed by atoms with van der Waals surface area (Å²) in [4.78, 5) is 28.3. The van der Waals surface area contributed by atoms with E-state index in [2.05, 4.69) is 21.2 Å². The van der Waals surface area contributed by atoms with E-state index in [1.807, 2.05) is 67.6 Å². The van der Waals surface area contributed by atoms with Gasteiger partial charge in [0.25, 0.3) is 5.91 Å². The Labute approximate surface area is 214 Å². The summed E-state index contributed by atoms with van der Waals surface area (Å²) < 4.78 is 6.67. The molecule has 0 fully saturated rings. The van der Waals surface area contributed by atoms with Crippen LogP contribution in [0.5, 0.6) is 5.75 Å². The molecule has 2 amide bonds. The SMILES string of the molecule is CCCNC(=O)[C@H](Cc1ccccc1)N(Cc1ccccc1Cl)C(=O)COc1ccc(Br)cc1. The Morgan fingerprint density at radius 2 is 1.68 bits per heavy atom. The molecule has 3 aromatic carbocycles. The van der Waals surface area contributed by atoms with Crippen molar-refractivity contribution in [1.82, 2.24) is 10.2 Å². The van der Waals surface area contributed by atoms with Gasteiger partial charge in [0.2, 0.25) is 5.91 Å². The zero-order valence-electron chi connectivity index (χ0n) is 19.0. The summed E-state index contributed by atoms with van der Waals surface area (Å²) in [5.41, 5.74) is 1.73. The largest absolute Gasteiger partial charge is 0.484 e. The van der Waals surface area contributed by atoms with Crippen LogP contribution < -0.4 is 10.1 Å². The van der Waals surface area contributed by atoms with Crippen molar-refractivity contribution in [1.29, 1.82) is 0 Å². The quantitative estimate of drug-likeness (QED) is 0.340. The lowest BCUT2D eigenvalue weighted by Crippen LogP contribution is -2.51. The second-order valence-corrected chi connectivity index (χ2v) is 9.18. The first-order valence-corrected chi connectivity index (χ1v) is 12.4. The Hall–Kier alpha value is -2.83. The van der Waals surface area contributed by atoms with E-state index in [-0.39, 0.29) is 25.0 Å². The van der Waals surface area contributed by atoms with Gasteiger partial charge in [0.05, 0.1) is 0 Å². The van der Waals surface area contributed by atoms with Gasteiger partial charge in [-0.3, -0.25) is 9.59 Å². The van der Waals surface area contributed by atoms with Gasteiger partial charge < -0.3 is 15.0 Å². The van der Waals surface area contributed by atoms with Crippen LogP contribution in [0.2, 0.25) is 5.02 Å². The number of benzene rings is 3. The van der Waals surface area contributed by atoms with Crippen molar-refractivity contribution in [2.75, 3.05) is 13.2 Å². The lowest BCUT2D eigenvalue weighted by Gasteiger charge is -2.31. The van der Waals surface area contributed by atoms with Gasteiger partial charge in [0.1, 0.15) is 11.8 Å². The predicted molar refractivity (Wildman–Crippen MR) is 139 cm³/mol. The molecule has 34 heavy (non-hydrogen) atoms. The number of halogens is 2. The molecule has 0 saturated carbocycles. The molecule has 0 bridgehead atoms. The molecule has 0 unspecified atom stereocenters. The number of nitrogens with one attached hydrogen (secondary N) is 1. The molecule has 0 radical (unpaired) electrons. The number of rotatable bonds is 11. The monoisotopic (exact) mass is 542 g/mol. The Morgan fingerprint density at radius 1 is 1.00 bits per heavy atom. The van der Waals surface area contributed by atoms with E-state index in [0.29, 0.717) is 23.7 Å². The van der Waals surface area contributed by atoms with Gasteiger partial charge in [-0.15, -0.1) is 0 Å². The fraction of sp³-hybridized carbons (Fsp3) is 0.259. The summed E-state index contributed by atoms with van der Waals surface area (Å²) in [6, 6.07) is 23.6. The number of ether oxygens (including phenoxy) is 1. The van der Waals surface area contributed by atoms with E-state index in [4.69, 9.17) is 16.3 Å². The average molecular weight is 544 g/mol. The van der Waals surface area contributed by atoms with Crippen LogP contribution in [0.3, 0.4) is 0 Å². The Balaban J connectivity index is 1.89. The van der Waals surface area contributed by atoms with Crippen LogP contribution in [-0.4, -0.2) is 35.9 Å². The molecule has 3 aromatic rings. The molecule has 0 aliphatic rings. The third-order valence-electron chi connectivity index (χ3n) is 5.29. The topological polar surface area (TPSA) is 58.6 Å². The van der Waals surface area contributed by atoms with Crippen molar-refractivity contribution in [2.45, 2.75) is 32.4 Å². The molecule has 1 atom stereocenters. The van der Waals surface area contributed by atoms with Gasteiger partial charge in [-0.2, -0.15) is 0 Å². The first-order valence-electron chi connectivity index (χ1n) is 11.2. The molecular formula is C27H28BrClN2O3. The van der Waals surface area contributed by atoms with Crippen LogP contribution >= 0.6 is 27.5 Å². The van der Waals surface area contributed by atoms with Crippen molar-refractivity contribution >= 4 is 39.3 Å². The van der Waals surface area contributed by atoms with Gasteiger partial charge >= 0.3 is 0 Å². The van der Waals surface area contributed by atoms with Crippen molar-refractivity contribution in [3.8, 4) is 5.75 Å². The van der Waals surface area contributed by atoms with Crippen molar-refractivity contribution < 1.29 is 14.3 Å². The fourth-order valence-corrected chi connectivity index (χ4v) is 3.95. The molecule has 7 heteroatoms. The first kappa shape index (κ1) is 25.8. The number of carbonyl (C=O) groups is 2. The number of hydrogen-bond donors (Lipinski definition) is 1. The maximum Gasteiger partial charge on any atom is 0.261 e. The molecule has 0 aromatic heterocycles. The molecule has 1 N–H and O–H groups in total. The summed E-state index contributed by atoms with van der Waals surface area (Å²) in [5, 5.41) is 3.50.